The van der Waals surface area contributed by atoms with Gasteiger partial charge in [-0.3, -0.25) is 4.90 Å². The number of rotatable bonds is 9. The molecule has 0 spiro atoms. The van der Waals surface area contributed by atoms with Crippen LogP contribution in [0.15, 0.2) is 42.5 Å². The highest BCUT2D eigenvalue weighted by atomic mass is 19.1. The topological polar surface area (TPSA) is 32.7 Å². The molecule has 0 heterocycles. The minimum atomic E-state index is -0.772. The average Bonchev–Trinajstić information content (AvgIpc) is 3.43. The fraction of sp³-hybridized carbons (Fsp3) is 0.400. The Hall–Kier alpha value is -1.89. The summed E-state index contributed by atoms with van der Waals surface area (Å²) < 4.78 is 45.9. The van der Waals surface area contributed by atoms with Gasteiger partial charge >= 0.3 is 0 Å². The molecule has 1 N–H and O–H groups in total. The molecule has 0 aromatic heterocycles. The summed E-state index contributed by atoms with van der Waals surface area (Å²) in [6.07, 6.45) is 1.21. The number of aliphatic hydroxyl groups is 1. The van der Waals surface area contributed by atoms with E-state index in [0.717, 1.165) is 18.9 Å². The van der Waals surface area contributed by atoms with Gasteiger partial charge in [0, 0.05) is 36.3 Å². The first kappa shape index (κ1) is 18.9. The molecule has 140 valence electrons. The molecule has 3 rings (SSSR count). The number of aliphatic hydroxyl groups excluding tert-OH is 1. The van der Waals surface area contributed by atoms with E-state index in [0.29, 0.717) is 30.3 Å². The van der Waals surface area contributed by atoms with Crippen molar-refractivity contribution < 1.29 is 23.0 Å². The van der Waals surface area contributed by atoms with Crippen molar-refractivity contribution in [3.8, 4) is 0 Å². The Kier molecular flexibility index (Phi) is 6.29. The zero-order valence-corrected chi connectivity index (χ0v) is 14.4. The molecule has 1 aliphatic carbocycles. The highest BCUT2D eigenvalue weighted by Crippen LogP contribution is 2.29. The lowest BCUT2D eigenvalue weighted by molar-refractivity contribution is 0.00616. The molecule has 0 bridgehead atoms. The van der Waals surface area contributed by atoms with E-state index < -0.39 is 17.7 Å². The van der Waals surface area contributed by atoms with Gasteiger partial charge in [-0.15, -0.1) is 0 Å². The van der Waals surface area contributed by atoms with E-state index >= 15 is 0 Å². The Morgan fingerprint density at radius 3 is 2.50 bits per heavy atom. The third-order valence-corrected chi connectivity index (χ3v) is 4.42. The van der Waals surface area contributed by atoms with Crippen LogP contribution in [0.1, 0.15) is 24.0 Å². The van der Waals surface area contributed by atoms with E-state index in [1.807, 2.05) is 4.90 Å². The number of benzene rings is 2. The van der Waals surface area contributed by atoms with Crippen molar-refractivity contribution in [2.75, 3.05) is 13.2 Å². The molecule has 1 atom stereocenters. The van der Waals surface area contributed by atoms with Gasteiger partial charge in [-0.1, -0.05) is 24.3 Å². The van der Waals surface area contributed by atoms with Crippen molar-refractivity contribution in [3.05, 3.63) is 71.0 Å². The number of halogens is 3. The van der Waals surface area contributed by atoms with E-state index in [-0.39, 0.29) is 19.0 Å². The molecule has 2 aromatic carbocycles. The van der Waals surface area contributed by atoms with Crippen molar-refractivity contribution in [1.29, 1.82) is 0 Å². The van der Waals surface area contributed by atoms with Crippen molar-refractivity contribution in [3.63, 3.8) is 0 Å². The first-order valence-electron chi connectivity index (χ1n) is 8.70. The Balaban J connectivity index is 1.50. The fourth-order valence-corrected chi connectivity index (χ4v) is 2.89. The van der Waals surface area contributed by atoms with Crippen molar-refractivity contribution >= 4 is 0 Å². The monoisotopic (exact) mass is 365 g/mol. The Bertz CT molecular complexity index is 737. The lowest BCUT2D eigenvalue weighted by Gasteiger charge is -2.25. The largest absolute Gasteiger partial charge is 0.389 e. The fourth-order valence-electron chi connectivity index (χ4n) is 2.89. The molecule has 0 radical (unpaired) electrons. The molecule has 0 amide bonds. The summed E-state index contributed by atoms with van der Waals surface area (Å²) in [5.74, 6) is -1.53. The minimum Gasteiger partial charge on any atom is -0.389 e. The van der Waals surface area contributed by atoms with Gasteiger partial charge in [0.2, 0.25) is 0 Å². The second-order valence-electron chi connectivity index (χ2n) is 6.66. The normalized spacial score (nSPS) is 15.4. The highest BCUT2D eigenvalue weighted by Gasteiger charge is 2.30. The maximum atomic E-state index is 13.9. The Labute approximate surface area is 151 Å². The van der Waals surface area contributed by atoms with Crippen molar-refractivity contribution in [1.82, 2.24) is 4.90 Å². The zero-order valence-electron chi connectivity index (χ0n) is 14.4. The molecule has 1 fully saturated rings. The summed E-state index contributed by atoms with van der Waals surface area (Å²) in [4.78, 5) is 1.98. The molecule has 1 unspecified atom stereocenters. The molecule has 0 aliphatic heterocycles. The standard InChI is InChI=1S/C20H22F3NO2/c21-16-6-5-14(20(23)9-16)10-24(17-7-8-17)11-18(25)13-26-12-15-3-1-2-4-19(15)22/h1-6,9,17-18,25H,7-8,10-13H2. The summed E-state index contributed by atoms with van der Waals surface area (Å²) in [7, 11) is 0. The molecule has 0 saturated heterocycles. The van der Waals surface area contributed by atoms with E-state index in [2.05, 4.69) is 0 Å². The van der Waals surface area contributed by atoms with Crippen LogP contribution in [0, 0.1) is 17.5 Å². The van der Waals surface area contributed by atoms with E-state index in [1.165, 1.54) is 18.2 Å². The summed E-state index contributed by atoms with van der Waals surface area (Å²) >= 11 is 0. The molecule has 1 aliphatic rings. The van der Waals surface area contributed by atoms with Crippen LogP contribution in [0.25, 0.3) is 0 Å². The Morgan fingerprint density at radius 1 is 1.04 bits per heavy atom. The molecule has 3 nitrogen and oxygen atoms in total. The summed E-state index contributed by atoms with van der Waals surface area (Å²) in [6.45, 7) is 0.767. The quantitative estimate of drug-likeness (QED) is 0.736. The first-order chi connectivity index (χ1) is 12.5. The molecule has 1 saturated carbocycles. The van der Waals surface area contributed by atoms with E-state index in [9.17, 15) is 18.3 Å². The van der Waals surface area contributed by atoms with Crippen molar-refractivity contribution in [2.24, 2.45) is 0 Å². The number of hydrogen-bond donors (Lipinski definition) is 1. The van der Waals surface area contributed by atoms with Crippen LogP contribution < -0.4 is 0 Å². The predicted octanol–water partition coefficient (Wildman–Crippen LogP) is 3.65. The second-order valence-corrected chi connectivity index (χ2v) is 6.66. The predicted molar refractivity (Wildman–Crippen MR) is 91.9 cm³/mol. The lowest BCUT2D eigenvalue weighted by atomic mass is 10.2. The number of hydrogen-bond acceptors (Lipinski definition) is 3. The third-order valence-electron chi connectivity index (χ3n) is 4.42. The van der Waals surface area contributed by atoms with Gasteiger partial charge in [-0.05, 0) is 25.0 Å². The number of nitrogens with zero attached hydrogens (tertiary/aromatic N) is 1. The molecular weight excluding hydrogens is 343 g/mol. The van der Waals surface area contributed by atoms with Gasteiger partial charge in [0.25, 0.3) is 0 Å². The van der Waals surface area contributed by atoms with Crippen molar-refractivity contribution in [2.45, 2.75) is 38.1 Å². The van der Waals surface area contributed by atoms with Crippen LogP contribution in [-0.4, -0.2) is 35.3 Å². The minimum absolute atomic E-state index is 0.0590. The van der Waals surface area contributed by atoms with Gasteiger partial charge in [0.15, 0.2) is 0 Å². The van der Waals surface area contributed by atoms with E-state index in [4.69, 9.17) is 4.74 Å². The van der Waals surface area contributed by atoms with Gasteiger partial charge in [-0.25, -0.2) is 13.2 Å². The summed E-state index contributed by atoms with van der Waals surface area (Å²) in [6, 6.07) is 10.2. The maximum Gasteiger partial charge on any atom is 0.130 e. The molecule has 2 aromatic rings. The first-order valence-corrected chi connectivity index (χ1v) is 8.70. The van der Waals surface area contributed by atoms with Gasteiger partial charge < -0.3 is 9.84 Å². The van der Waals surface area contributed by atoms with Crippen LogP contribution in [-0.2, 0) is 17.9 Å². The third kappa shape index (κ3) is 5.30. The van der Waals surface area contributed by atoms with Crippen LogP contribution in [0.3, 0.4) is 0 Å². The summed E-state index contributed by atoms with van der Waals surface area (Å²) in [5.41, 5.74) is 0.838. The van der Waals surface area contributed by atoms with Crippen LogP contribution in [0.2, 0.25) is 0 Å². The van der Waals surface area contributed by atoms with Gasteiger partial charge in [-0.2, -0.15) is 0 Å². The SMILES string of the molecule is OC(COCc1ccccc1F)CN(Cc1ccc(F)cc1F)C1CC1. The Morgan fingerprint density at radius 2 is 1.81 bits per heavy atom. The zero-order chi connectivity index (χ0) is 18.5. The average molecular weight is 365 g/mol. The number of ether oxygens (including phenoxy) is 1. The second kappa shape index (κ2) is 8.66. The lowest BCUT2D eigenvalue weighted by Crippen LogP contribution is -2.36. The van der Waals surface area contributed by atoms with E-state index in [1.54, 1.807) is 18.2 Å². The summed E-state index contributed by atoms with van der Waals surface area (Å²) in [5, 5.41) is 10.2. The van der Waals surface area contributed by atoms with Crippen LogP contribution >= 0.6 is 0 Å². The molecular formula is C20H22F3NO2. The molecule has 6 heteroatoms. The maximum absolute atomic E-state index is 13.9. The van der Waals surface area contributed by atoms with Crippen LogP contribution in [0.4, 0.5) is 13.2 Å². The van der Waals surface area contributed by atoms with Gasteiger partial charge in [0.1, 0.15) is 17.5 Å². The van der Waals surface area contributed by atoms with Crippen LogP contribution in [0.5, 0.6) is 0 Å². The molecule has 26 heavy (non-hydrogen) atoms. The smallest absolute Gasteiger partial charge is 0.130 e. The highest BCUT2D eigenvalue weighted by molar-refractivity contribution is 5.19. The van der Waals surface area contributed by atoms with Gasteiger partial charge in [0.05, 0.1) is 19.3 Å².